The van der Waals surface area contributed by atoms with Crippen molar-refractivity contribution in [2.75, 3.05) is 0 Å². The van der Waals surface area contributed by atoms with Crippen molar-refractivity contribution >= 4 is 0 Å². The fraction of sp³-hybridized carbons (Fsp3) is 0.700. The minimum absolute atomic E-state index is 0.459. The normalized spacial score (nSPS) is 35.5. The van der Waals surface area contributed by atoms with Gasteiger partial charge >= 0.3 is 0 Å². The fourth-order valence-electron chi connectivity index (χ4n) is 5.55. The smallest absolute Gasteiger partial charge is 0.0934 e. The van der Waals surface area contributed by atoms with Gasteiger partial charge in [-0.2, -0.15) is 0 Å². The lowest BCUT2D eigenvalue weighted by atomic mass is 9.47. The van der Waals surface area contributed by atoms with E-state index in [1.165, 1.54) is 49.7 Å². The third-order valence-corrected chi connectivity index (χ3v) is 6.62. The van der Waals surface area contributed by atoms with Crippen molar-refractivity contribution < 1.29 is 4.42 Å². The summed E-state index contributed by atoms with van der Waals surface area (Å²) in [5.41, 5.74) is 3.81. The second kappa shape index (κ2) is 5.34. The topological polar surface area (TPSA) is 13.1 Å². The van der Waals surface area contributed by atoms with Gasteiger partial charge in [-0.3, -0.25) is 0 Å². The van der Waals surface area contributed by atoms with Crippen LogP contribution in [-0.2, 0) is 6.42 Å². The predicted molar refractivity (Wildman–Crippen MR) is 88.1 cm³/mol. The van der Waals surface area contributed by atoms with E-state index < -0.39 is 0 Å². The molecule has 2 saturated carbocycles. The molecule has 1 aromatic heterocycles. The van der Waals surface area contributed by atoms with Gasteiger partial charge in [0.1, 0.15) is 0 Å². The number of aryl methyl sites for hydroxylation is 1. The van der Waals surface area contributed by atoms with Crippen LogP contribution in [0.2, 0.25) is 0 Å². The van der Waals surface area contributed by atoms with E-state index in [2.05, 4.69) is 33.4 Å². The molecule has 116 valence electrons. The molecule has 0 aliphatic heterocycles. The Kier molecular flexibility index (Phi) is 3.80. The quantitative estimate of drug-likeness (QED) is 0.620. The van der Waals surface area contributed by atoms with E-state index in [-0.39, 0.29) is 0 Å². The second-order valence-electron chi connectivity index (χ2n) is 8.32. The van der Waals surface area contributed by atoms with Crippen molar-refractivity contribution in [3.63, 3.8) is 0 Å². The summed E-state index contributed by atoms with van der Waals surface area (Å²) >= 11 is 0. The van der Waals surface area contributed by atoms with Crippen LogP contribution in [0.15, 0.2) is 35.2 Å². The summed E-state index contributed by atoms with van der Waals surface area (Å²) in [5.74, 6) is 1.55. The van der Waals surface area contributed by atoms with Crippen LogP contribution < -0.4 is 0 Å². The zero-order valence-corrected chi connectivity index (χ0v) is 14.0. The molecule has 0 unspecified atom stereocenters. The molecule has 0 bridgehead atoms. The van der Waals surface area contributed by atoms with Gasteiger partial charge in [-0.1, -0.05) is 39.3 Å². The molecule has 0 N–H and O–H groups in total. The Morgan fingerprint density at radius 2 is 2.10 bits per heavy atom. The molecule has 2 fully saturated rings. The Morgan fingerprint density at radius 1 is 1.29 bits per heavy atom. The van der Waals surface area contributed by atoms with E-state index in [0.717, 1.165) is 12.3 Å². The summed E-state index contributed by atoms with van der Waals surface area (Å²) in [6.45, 7) is 12.0. The van der Waals surface area contributed by atoms with Gasteiger partial charge in [0.15, 0.2) is 0 Å². The number of rotatable bonds is 3. The molecule has 0 amide bonds. The molecule has 21 heavy (non-hydrogen) atoms. The molecule has 3 atom stereocenters. The molecule has 1 aromatic rings. The average molecular weight is 286 g/mol. The standard InChI is InChI=1S/C20H30O/c1-15-6-9-18-19(2,3)11-5-12-20(18,4)17(15)8-7-16-10-13-21-14-16/h10,13-14,17-18H,1,5-9,11-12H2,2-4H3/t17-,18-,20+/m1/s1. The highest BCUT2D eigenvalue weighted by Crippen LogP contribution is 2.61. The fourth-order valence-corrected chi connectivity index (χ4v) is 5.55. The van der Waals surface area contributed by atoms with E-state index in [1.807, 2.05) is 6.26 Å². The number of hydrogen-bond acceptors (Lipinski definition) is 1. The summed E-state index contributed by atoms with van der Waals surface area (Å²) in [6.07, 6.45) is 12.8. The number of hydrogen-bond donors (Lipinski definition) is 0. The van der Waals surface area contributed by atoms with Crippen molar-refractivity contribution in [2.45, 2.75) is 65.7 Å². The van der Waals surface area contributed by atoms with Gasteiger partial charge in [0, 0.05) is 0 Å². The van der Waals surface area contributed by atoms with Crippen LogP contribution >= 0.6 is 0 Å². The van der Waals surface area contributed by atoms with Crippen molar-refractivity contribution in [3.05, 3.63) is 36.3 Å². The van der Waals surface area contributed by atoms with Crippen LogP contribution in [0.3, 0.4) is 0 Å². The van der Waals surface area contributed by atoms with E-state index in [1.54, 1.807) is 6.26 Å². The van der Waals surface area contributed by atoms with Gasteiger partial charge in [0.05, 0.1) is 12.5 Å². The Hall–Kier alpha value is -0.980. The predicted octanol–water partition coefficient (Wildman–Crippen LogP) is 6.01. The minimum Gasteiger partial charge on any atom is -0.472 e. The first-order valence-corrected chi connectivity index (χ1v) is 8.62. The minimum atomic E-state index is 0.459. The first-order valence-electron chi connectivity index (χ1n) is 8.62. The Morgan fingerprint density at radius 3 is 2.81 bits per heavy atom. The molecule has 1 nitrogen and oxygen atoms in total. The van der Waals surface area contributed by atoms with Crippen LogP contribution in [0.4, 0.5) is 0 Å². The van der Waals surface area contributed by atoms with Crippen LogP contribution in [0.5, 0.6) is 0 Å². The van der Waals surface area contributed by atoms with E-state index in [0.29, 0.717) is 16.7 Å². The first kappa shape index (κ1) is 14.9. The van der Waals surface area contributed by atoms with Crippen molar-refractivity contribution in [1.82, 2.24) is 0 Å². The van der Waals surface area contributed by atoms with E-state index >= 15 is 0 Å². The molecular formula is C20H30O. The largest absolute Gasteiger partial charge is 0.472 e. The van der Waals surface area contributed by atoms with Crippen LogP contribution in [-0.4, -0.2) is 0 Å². The highest BCUT2D eigenvalue weighted by molar-refractivity contribution is 5.17. The maximum absolute atomic E-state index is 5.22. The average Bonchev–Trinajstić information content (AvgIpc) is 2.90. The summed E-state index contributed by atoms with van der Waals surface area (Å²) < 4.78 is 5.22. The molecule has 0 saturated heterocycles. The van der Waals surface area contributed by atoms with Crippen molar-refractivity contribution in [3.8, 4) is 0 Å². The van der Waals surface area contributed by atoms with Gasteiger partial charge < -0.3 is 4.42 Å². The Bertz CT molecular complexity index is 496. The van der Waals surface area contributed by atoms with Gasteiger partial charge in [-0.05, 0) is 72.8 Å². The number of furan rings is 1. The monoisotopic (exact) mass is 286 g/mol. The second-order valence-corrected chi connectivity index (χ2v) is 8.32. The molecule has 0 spiro atoms. The molecule has 2 aliphatic carbocycles. The van der Waals surface area contributed by atoms with Gasteiger partial charge in [0.25, 0.3) is 0 Å². The molecule has 0 radical (unpaired) electrons. The van der Waals surface area contributed by atoms with Gasteiger partial charge in [-0.25, -0.2) is 0 Å². The van der Waals surface area contributed by atoms with E-state index in [4.69, 9.17) is 4.42 Å². The zero-order chi connectivity index (χ0) is 15.1. The molecule has 1 heteroatoms. The Balaban J connectivity index is 1.81. The lowest BCUT2D eigenvalue weighted by Crippen LogP contribution is -2.49. The maximum atomic E-state index is 5.22. The molecular weight excluding hydrogens is 256 g/mol. The van der Waals surface area contributed by atoms with Gasteiger partial charge in [0.2, 0.25) is 0 Å². The lowest BCUT2D eigenvalue weighted by molar-refractivity contribution is -0.0539. The molecule has 0 aromatic carbocycles. The van der Waals surface area contributed by atoms with Crippen LogP contribution in [0.1, 0.15) is 64.9 Å². The summed E-state index contributed by atoms with van der Waals surface area (Å²) in [6, 6.07) is 2.11. The summed E-state index contributed by atoms with van der Waals surface area (Å²) in [7, 11) is 0. The van der Waals surface area contributed by atoms with E-state index in [9.17, 15) is 0 Å². The first-order chi connectivity index (χ1) is 9.93. The molecule has 3 rings (SSSR count). The Labute approximate surface area is 129 Å². The highest BCUT2D eigenvalue weighted by atomic mass is 16.3. The molecule has 1 heterocycles. The maximum Gasteiger partial charge on any atom is 0.0934 e. The zero-order valence-electron chi connectivity index (χ0n) is 14.0. The third-order valence-electron chi connectivity index (χ3n) is 6.62. The van der Waals surface area contributed by atoms with Crippen molar-refractivity contribution in [2.24, 2.45) is 22.7 Å². The SMILES string of the molecule is C=C1CC[C@@H]2C(C)(C)CCC[C@@]2(C)[C@@H]1CCc1ccoc1. The van der Waals surface area contributed by atoms with Gasteiger partial charge in [-0.15, -0.1) is 0 Å². The summed E-state index contributed by atoms with van der Waals surface area (Å²) in [5, 5.41) is 0. The number of allylic oxidation sites excluding steroid dienone is 1. The van der Waals surface area contributed by atoms with Crippen molar-refractivity contribution in [1.29, 1.82) is 0 Å². The van der Waals surface area contributed by atoms with Crippen LogP contribution in [0.25, 0.3) is 0 Å². The third kappa shape index (κ3) is 2.60. The highest BCUT2D eigenvalue weighted by Gasteiger charge is 2.52. The number of fused-ring (bicyclic) bond motifs is 1. The summed E-state index contributed by atoms with van der Waals surface area (Å²) in [4.78, 5) is 0. The molecule has 2 aliphatic rings. The van der Waals surface area contributed by atoms with Crippen LogP contribution in [0, 0.1) is 22.7 Å². The lowest BCUT2D eigenvalue weighted by Gasteiger charge is -2.58.